The van der Waals surface area contributed by atoms with Crippen molar-refractivity contribution in [1.29, 1.82) is 0 Å². The Morgan fingerprint density at radius 3 is 2.88 bits per heavy atom. The predicted molar refractivity (Wildman–Crippen MR) is 87.3 cm³/mol. The Morgan fingerprint density at radius 1 is 1.42 bits per heavy atom. The fourth-order valence-electron chi connectivity index (χ4n) is 2.40. The summed E-state index contributed by atoms with van der Waals surface area (Å²) >= 11 is 0.898. The highest BCUT2D eigenvalue weighted by Gasteiger charge is 2.23. The third-order valence-electron chi connectivity index (χ3n) is 3.64. The van der Waals surface area contributed by atoms with E-state index in [9.17, 15) is 14.3 Å². The molecule has 0 saturated carbocycles. The molecular weight excluding hydrogens is 331 g/mol. The second-order valence-electron chi connectivity index (χ2n) is 5.28. The molecule has 0 amide bonds. The van der Waals surface area contributed by atoms with Gasteiger partial charge in [0.2, 0.25) is 5.78 Å². The van der Waals surface area contributed by atoms with Gasteiger partial charge in [0.25, 0.3) is 0 Å². The lowest BCUT2D eigenvalue weighted by atomic mass is 9.97. The summed E-state index contributed by atoms with van der Waals surface area (Å²) in [7, 11) is 0. The number of nitrogens with zero attached hydrogens (tertiary/aromatic N) is 4. The van der Waals surface area contributed by atoms with Crippen LogP contribution in [-0.2, 0) is 6.54 Å². The minimum absolute atomic E-state index is 0.171. The summed E-state index contributed by atoms with van der Waals surface area (Å²) in [5, 5.41) is 14.0. The van der Waals surface area contributed by atoms with Gasteiger partial charge in [-0.25, -0.2) is 4.39 Å². The normalized spacial score (nSPS) is 12.3. The predicted octanol–water partition coefficient (Wildman–Crippen LogP) is 2.84. The van der Waals surface area contributed by atoms with E-state index in [1.54, 1.807) is 10.9 Å². The summed E-state index contributed by atoms with van der Waals surface area (Å²) in [6.45, 7) is 4.11. The highest BCUT2D eigenvalue weighted by Crippen LogP contribution is 2.31. The van der Waals surface area contributed by atoms with Gasteiger partial charge in [-0.15, -0.1) is 0 Å². The molecule has 2 aromatic heterocycles. The van der Waals surface area contributed by atoms with Crippen LogP contribution in [0, 0.1) is 5.82 Å². The van der Waals surface area contributed by atoms with Crippen molar-refractivity contribution >= 4 is 17.5 Å². The van der Waals surface area contributed by atoms with Crippen LogP contribution < -0.4 is 0 Å². The van der Waals surface area contributed by atoms with Crippen LogP contribution in [0.25, 0.3) is 11.3 Å². The van der Waals surface area contributed by atoms with Crippen LogP contribution in [0.1, 0.15) is 41.6 Å². The number of halogens is 1. The molecule has 6 nitrogen and oxygen atoms in total. The van der Waals surface area contributed by atoms with Gasteiger partial charge < -0.3 is 5.11 Å². The lowest BCUT2D eigenvalue weighted by Gasteiger charge is -2.11. The molecule has 1 atom stereocenters. The number of aryl methyl sites for hydroxylation is 1. The second-order valence-corrected chi connectivity index (χ2v) is 5.81. The molecule has 0 spiro atoms. The van der Waals surface area contributed by atoms with Gasteiger partial charge in [0.05, 0.1) is 29.6 Å². The van der Waals surface area contributed by atoms with Crippen molar-refractivity contribution in [2.45, 2.75) is 26.5 Å². The maximum Gasteiger partial charge on any atom is 0.217 e. The van der Waals surface area contributed by atoms with Gasteiger partial charge in [0, 0.05) is 18.3 Å². The Morgan fingerprint density at radius 2 is 2.21 bits per heavy atom. The van der Waals surface area contributed by atoms with Crippen LogP contribution in [0.2, 0.25) is 0 Å². The number of benzene rings is 1. The summed E-state index contributed by atoms with van der Waals surface area (Å²) in [6.07, 6.45) is 2.23. The Hall–Kier alpha value is -2.45. The minimum atomic E-state index is -0.900. The third-order valence-corrected chi connectivity index (χ3v) is 4.17. The topological polar surface area (TPSA) is 80.9 Å². The van der Waals surface area contributed by atoms with Crippen molar-refractivity contribution in [3.8, 4) is 11.3 Å². The molecule has 0 aliphatic rings. The van der Waals surface area contributed by atoms with E-state index in [-0.39, 0.29) is 11.5 Å². The third kappa shape index (κ3) is 2.98. The lowest BCUT2D eigenvalue weighted by Crippen LogP contribution is -2.05. The first-order valence-electron chi connectivity index (χ1n) is 7.38. The monoisotopic (exact) mass is 346 g/mol. The molecule has 3 rings (SSSR count). The van der Waals surface area contributed by atoms with E-state index in [1.807, 2.05) is 6.92 Å². The number of hydrogen-bond acceptors (Lipinski definition) is 6. The zero-order valence-corrected chi connectivity index (χ0v) is 13.9. The zero-order chi connectivity index (χ0) is 17.3. The largest absolute Gasteiger partial charge is 0.389 e. The Bertz CT molecular complexity index is 888. The second kappa shape index (κ2) is 6.58. The first kappa shape index (κ1) is 16.4. The molecule has 124 valence electrons. The molecule has 24 heavy (non-hydrogen) atoms. The van der Waals surface area contributed by atoms with Crippen molar-refractivity contribution in [1.82, 2.24) is 18.5 Å². The molecule has 3 aromatic rings. The van der Waals surface area contributed by atoms with Gasteiger partial charge in [-0.3, -0.25) is 9.48 Å². The van der Waals surface area contributed by atoms with Gasteiger partial charge in [0.1, 0.15) is 11.5 Å². The zero-order valence-electron chi connectivity index (χ0n) is 13.1. The van der Waals surface area contributed by atoms with Crippen LogP contribution >= 0.6 is 11.7 Å². The molecule has 0 radical (unpaired) electrons. The molecule has 0 aliphatic heterocycles. The van der Waals surface area contributed by atoms with Crippen molar-refractivity contribution < 1.29 is 14.3 Å². The Balaban J connectivity index is 2.07. The number of aliphatic hydroxyl groups is 1. The SMILES string of the molecule is CCn1cc(C(=O)c2nsnc2-c2ccc(F)cc2[C@@H](C)O)cn1. The smallest absolute Gasteiger partial charge is 0.217 e. The van der Waals surface area contributed by atoms with Gasteiger partial charge in [-0.05, 0) is 37.6 Å². The first-order chi connectivity index (χ1) is 11.5. The number of hydrogen-bond donors (Lipinski definition) is 1. The van der Waals surface area contributed by atoms with Gasteiger partial charge in [-0.2, -0.15) is 13.8 Å². The Kier molecular flexibility index (Phi) is 4.50. The molecule has 1 aromatic carbocycles. The van der Waals surface area contributed by atoms with Crippen molar-refractivity contribution in [2.75, 3.05) is 0 Å². The number of carbonyl (C=O) groups excluding carboxylic acids is 1. The van der Waals surface area contributed by atoms with Gasteiger partial charge in [0.15, 0.2) is 5.69 Å². The van der Waals surface area contributed by atoms with E-state index in [4.69, 9.17) is 0 Å². The molecule has 0 unspecified atom stereocenters. The van der Waals surface area contributed by atoms with Crippen LogP contribution in [-0.4, -0.2) is 29.4 Å². The van der Waals surface area contributed by atoms with Gasteiger partial charge in [-0.1, -0.05) is 0 Å². The fraction of sp³-hybridized carbons (Fsp3) is 0.250. The molecule has 0 bridgehead atoms. The summed E-state index contributed by atoms with van der Waals surface area (Å²) in [5.41, 5.74) is 1.77. The number of ketones is 1. The molecule has 0 aliphatic carbocycles. The fourth-order valence-corrected chi connectivity index (χ4v) is 2.96. The van der Waals surface area contributed by atoms with E-state index in [0.29, 0.717) is 28.9 Å². The number of aliphatic hydroxyl groups excluding tert-OH is 1. The van der Waals surface area contributed by atoms with Crippen molar-refractivity contribution in [2.24, 2.45) is 0 Å². The maximum atomic E-state index is 13.5. The molecule has 1 N–H and O–H groups in total. The standard InChI is InChI=1S/C16H15FN4O2S/c1-3-21-8-10(7-18-21)16(23)15-14(19-24-20-15)12-5-4-11(17)6-13(12)9(2)22/h4-9,22H,3H2,1-2H3/t9-/m1/s1. The summed E-state index contributed by atoms with van der Waals surface area (Å²) in [6, 6.07) is 4.01. The van der Waals surface area contributed by atoms with E-state index >= 15 is 0 Å². The maximum absolute atomic E-state index is 13.5. The average Bonchev–Trinajstić information content (AvgIpc) is 3.23. The number of rotatable bonds is 5. The van der Waals surface area contributed by atoms with Crippen LogP contribution in [0.4, 0.5) is 4.39 Å². The molecule has 8 heteroatoms. The summed E-state index contributed by atoms with van der Waals surface area (Å²) in [5.74, 6) is -0.769. The minimum Gasteiger partial charge on any atom is -0.389 e. The highest BCUT2D eigenvalue weighted by atomic mass is 32.1. The molecule has 2 heterocycles. The molecule has 0 saturated heterocycles. The molecular formula is C16H15FN4O2S. The van der Waals surface area contributed by atoms with Crippen molar-refractivity contribution in [3.05, 3.63) is 53.2 Å². The quantitative estimate of drug-likeness (QED) is 0.719. The van der Waals surface area contributed by atoms with Crippen LogP contribution in [0.15, 0.2) is 30.6 Å². The number of aromatic nitrogens is 4. The van der Waals surface area contributed by atoms with E-state index < -0.39 is 11.9 Å². The number of carbonyl (C=O) groups is 1. The van der Waals surface area contributed by atoms with E-state index in [1.165, 1.54) is 31.3 Å². The van der Waals surface area contributed by atoms with Gasteiger partial charge >= 0.3 is 0 Å². The molecule has 0 fully saturated rings. The van der Waals surface area contributed by atoms with E-state index in [2.05, 4.69) is 13.8 Å². The lowest BCUT2D eigenvalue weighted by molar-refractivity contribution is 0.103. The van der Waals surface area contributed by atoms with Crippen LogP contribution in [0.3, 0.4) is 0 Å². The average molecular weight is 346 g/mol. The first-order valence-corrected chi connectivity index (χ1v) is 8.12. The Labute approximate surface area is 141 Å². The van der Waals surface area contributed by atoms with Crippen molar-refractivity contribution in [3.63, 3.8) is 0 Å². The summed E-state index contributed by atoms with van der Waals surface area (Å²) < 4.78 is 23.4. The van der Waals surface area contributed by atoms with Crippen LogP contribution in [0.5, 0.6) is 0 Å². The van der Waals surface area contributed by atoms with E-state index in [0.717, 1.165) is 11.7 Å². The highest BCUT2D eigenvalue weighted by molar-refractivity contribution is 6.99. The summed E-state index contributed by atoms with van der Waals surface area (Å²) in [4.78, 5) is 12.7.